The van der Waals surface area contributed by atoms with Crippen molar-refractivity contribution in [3.63, 3.8) is 0 Å². The predicted molar refractivity (Wildman–Crippen MR) is 135 cm³/mol. The SMILES string of the molecule is CCC(C)CC(=O)OC(C)CN[C@@H](Cc1ccc(OC(=O)C(C)C)c(OC(=O)C(C)C)c1)C(=O)OC. The lowest BCUT2D eigenvalue weighted by Crippen LogP contribution is -2.43. The quantitative estimate of drug-likeness (QED) is 0.296. The molecule has 1 aromatic rings. The van der Waals surface area contributed by atoms with Crippen LogP contribution in [0.4, 0.5) is 0 Å². The standard InChI is InChI=1S/C27H41NO8/c1-9-18(6)12-24(29)34-19(7)15-28-21(27(32)33-8)13-20-10-11-22(35-25(30)16(2)3)23(14-20)36-26(31)17(4)5/h10-11,14,16-19,21,28H,9,12-13,15H2,1-8H3/t18?,19?,21-/m0/s1. The zero-order valence-corrected chi connectivity index (χ0v) is 22.7. The summed E-state index contributed by atoms with van der Waals surface area (Å²) in [5.41, 5.74) is 0.648. The number of carbonyl (C=O) groups is 4. The van der Waals surface area contributed by atoms with Crippen LogP contribution in [0.15, 0.2) is 18.2 Å². The van der Waals surface area contributed by atoms with Crippen LogP contribution in [0.2, 0.25) is 0 Å². The first-order valence-electron chi connectivity index (χ1n) is 12.4. The largest absolute Gasteiger partial charge is 0.468 e. The molecule has 36 heavy (non-hydrogen) atoms. The van der Waals surface area contributed by atoms with Gasteiger partial charge in [-0.15, -0.1) is 0 Å². The fraction of sp³-hybridized carbons (Fsp3) is 0.630. The van der Waals surface area contributed by atoms with E-state index in [9.17, 15) is 19.2 Å². The molecule has 0 bridgehead atoms. The number of ether oxygens (including phenoxy) is 4. The molecular formula is C27H41NO8. The van der Waals surface area contributed by atoms with Gasteiger partial charge < -0.3 is 24.3 Å². The maximum absolute atomic E-state index is 12.4. The summed E-state index contributed by atoms with van der Waals surface area (Å²) >= 11 is 0. The normalized spacial score (nSPS) is 13.6. The number of benzene rings is 1. The van der Waals surface area contributed by atoms with Gasteiger partial charge in [0, 0.05) is 13.0 Å². The van der Waals surface area contributed by atoms with Crippen molar-refractivity contribution in [3.05, 3.63) is 23.8 Å². The van der Waals surface area contributed by atoms with Crippen molar-refractivity contribution < 1.29 is 38.1 Å². The summed E-state index contributed by atoms with van der Waals surface area (Å²) in [7, 11) is 1.29. The van der Waals surface area contributed by atoms with Gasteiger partial charge in [-0.1, -0.05) is 54.0 Å². The van der Waals surface area contributed by atoms with Crippen molar-refractivity contribution in [2.45, 2.75) is 79.9 Å². The van der Waals surface area contributed by atoms with Gasteiger partial charge in [0.2, 0.25) is 0 Å². The Morgan fingerprint density at radius 1 is 0.861 bits per heavy atom. The zero-order valence-electron chi connectivity index (χ0n) is 22.7. The highest BCUT2D eigenvalue weighted by molar-refractivity contribution is 5.78. The second-order valence-corrected chi connectivity index (χ2v) is 9.64. The van der Waals surface area contributed by atoms with Gasteiger partial charge >= 0.3 is 23.9 Å². The number of esters is 4. The smallest absolute Gasteiger partial charge is 0.323 e. The average molecular weight is 508 g/mol. The van der Waals surface area contributed by atoms with Crippen LogP contribution in [-0.4, -0.2) is 49.7 Å². The van der Waals surface area contributed by atoms with Crippen molar-refractivity contribution >= 4 is 23.9 Å². The summed E-state index contributed by atoms with van der Waals surface area (Å²) in [6, 6.07) is 4.04. The Morgan fingerprint density at radius 3 is 1.97 bits per heavy atom. The first kappa shape index (κ1) is 31.1. The number of hydrogen-bond donors (Lipinski definition) is 1. The second-order valence-electron chi connectivity index (χ2n) is 9.64. The molecule has 0 aliphatic carbocycles. The van der Waals surface area contributed by atoms with Crippen molar-refractivity contribution in [1.82, 2.24) is 5.32 Å². The molecule has 9 heteroatoms. The third kappa shape index (κ3) is 10.8. The van der Waals surface area contributed by atoms with Crippen LogP contribution >= 0.6 is 0 Å². The summed E-state index contributed by atoms with van der Waals surface area (Å²) in [6.07, 6.45) is 0.974. The molecule has 3 atom stereocenters. The van der Waals surface area contributed by atoms with Crippen LogP contribution in [0, 0.1) is 17.8 Å². The van der Waals surface area contributed by atoms with E-state index in [1.165, 1.54) is 13.2 Å². The van der Waals surface area contributed by atoms with Crippen LogP contribution in [0.5, 0.6) is 11.5 Å². The number of carbonyl (C=O) groups excluding carboxylic acids is 4. The first-order chi connectivity index (χ1) is 16.9. The highest BCUT2D eigenvalue weighted by atomic mass is 16.6. The molecule has 0 aromatic heterocycles. The Hall–Kier alpha value is -2.94. The topological polar surface area (TPSA) is 117 Å². The van der Waals surface area contributed by atoms with E-state index >= 15 is 0 Å². The highest BCUT2D eigenvalue weighted by Crippen LogP contribution is 2.30. The van der Waals surface area contributed by atoms with Crippen molar-refractivity contribution in [2.75, 3.05) is 13.7 Å². The van der Waals surface area contributed by atoms with E-state index in [-0.39, 0.29) is 42.3 Å². The van der Waals surface area contributed by atoms with Crippen LogP contribution < -0.4 is 14.8 Å². The molecule has 0 radical (unpaired) electrons. The van der Waals surface area contributed by atoms with Gasteiger partial charge in [0.15, 0.2) is 11.5 Å². The van der Waals surface area contributed by atoms with E-state index in [1.54, 1.807) is 46.8 Å². The molecule has 0 saturated heterocycles. The third-order valence-corrected chi connectivity index (χ3v) is 5.49. The summed E-state index contributed by atoms with van der Waals surface area (Å²) in [5.74, 6) is -2.03. The van der Waals surface area contributed by atoms with Crippen LogP contribution in [-0.2, 0) is 35.1 Å². The molecular weight excluding hydrogens is 466 g/mol. The van der Waals surface area contributed by atoms with Crippen LogP contribution in [0.25, 0.3) is 0 Å². The molecule has 1 rings (SSSR count). The number of methoxy groups -OCH3 is 1. The maximum atomic E-state index is 12.4. The molecule has 202 valence electrons. The third-order valence-electron chi connectivity index (χ3n) is 5.49. The summed E-state index contributed by atoms with van der Waals surface area (Å²) in [4.78, 5) is 48.8. The molecule has 2 unspecified atom stereocenters. The minimum absolute atomic E-state index is 0.0937. The van der Waals surface area contributed by atoms with E-state index in [0.717, 1.165) is 6.42 Å². The fourth-order valence-corrected chi connectivity index (χ4v) is 2.96. The minimum Gasteiger partial charge on any atom is -0.468 e. The van der Waals surface area contributed by atoms with Gasteiger partial charge in [-0.3, -0.25) is 19.2 Å². The van der Waals surface area contributed by atoms with E-state index in [2.05, 4.69) is 5.32 Å². The Labute approximate surface area is 214 Å². The average Bonchev–Trinajstić information content (AvgIpc) is 2.81. The number of rotatable bonds is 14. The lowest BCUT2D eigenvalue weighted by Gasteiger charge is -2.21. The molecule has 1 aromatic carbocycles. The summed E-state index contributed by atoms with van der Waals surface area (Å²) in [5, 5.41) is 3.09. The van der Waals surface area contributed by atoms with Crippen molar-refractivity contribution in [2.24, 2.45) is 17.8 Å². The Morgan fingerprint density at radius 2 is 1.44 bits per heavy atom. The Kier molecular flexibility index (Phi) is 13.2. The van der Waals surface area contributed by atoms with Gasteiger partial charge in [-0.2, -0.15) is 0 Å². The molecule has 1 N–H and O–H groups in total. The summed E-state index contributed by atoms with van der Waals surface area (Å²) < 4.78 is 21.2. The Balaban J connectivity index is 3.01. The zero-order chi connectivity index (χ0) is 27.4. The van der Waals surface area contributed by atoms with Gasteiger partial charge in [0.25, 0.3) is 0 Å². The minimum atomic E-state index is -0.747. The molecule has 0 saturated carbocycles. The number of nitrogens with one attached hydrogen (secondary N) is 1. The molecule has 0 aliphatic rings. The second kappa shape index (κ2) is 15.2. The molecule has 9 nitrogen and oxygen atoms in total. The van der Waals surface area contributed by atoms with E-state index in [0.29, 0.717) is 12.0 Å². The molecule has 0 heterocycles. The maximum Gasteiger partial charge on any atom is 0.323 e. The Bertz CT molecular complexity index is 896. The molecule has 0 aliphatic heterocycles. The molecule has 0 fully saturated rings. The molecule has 0 spiro atoms. The van der Waals surface area contributed by atoms with E-state index in [4.69, 9.17) is 18.9 Å². The van der Waals surface area contributed by atoms with Crippen LogP contribution in [0.1, 0.15) is 66.9 Å². The molecule has 0 amide bonds. The fourth-order valence-electron chi connectivity index (χ4n) is 2.96. The lowest BCUT2D eigenvalue weighted by molar-refractivity contribution is -0.149. The first-order valence-corrected chi connectivity index (χ1v) is 12.4. The van der Waals surface area contributed by atoms with Crippen LogP contribution in [0.3, 0.4) is 0 Å². The summed E-state index contributed by atoms with van der Waals surface area (Å²) in [6.45, 7) is 12.8. The lowest BCUT2D eigenvalue weighted by atomic mass is 10.0. The van der Waals surface area contributed by atoms with Crippen molar-refractivity contribution in [1.29, 1.82) is 0 Å². The van der Waals surface area contributed by atoms with E-state index < -0.39 is 36.0 Å². The monoisotopic (exact) mass is 507 g/mol. The van der Waals surface area contributed by atoms with Gasteiger partial charge in [-0.05, 0) is 37.0 Å². The predicted octanol–water partition coefficient (Wildman–Crippen LogP) is 3.85. The van der Waals surface area contributed by atoms with Gasteiger partial charge in [0.1, 0.15) is 12.1 Å². The van der Waals surface area contributed by atoms with Gasteiger partial charge in [0.05, 0.1) is 18.9 Å². The highest BCUT2D eigenvalue weighted by Gasteiger charge is 2.24. The number of hydrogen-bond acceptors (Lipinski definition) is 9. The van der Waals surface area contributed by atoms with E-state index in [1.807, 2.05) is 13.8 Å². The van der Waals surface area contributed by atoms with Gasteiger partial charge in [-0.25, -0.2) is 0 Å². The van der Waals surface area contributed by atoms with Crippen molar-refractivity contribution in [3.8, 4) is 11.5 Å².